The molecule has 0 heterocycles. The number of hydrogen-bond acceptors (Lipinski definition) is 3. The third-order valence-electron chi connectivity index (χ3n) is 10.8. The van der Waals surface area contributed by atoms with Crippen molar-refractivity contribution in [1.29, 1.82) is 0 Å². The van der Waals surface area contributed by atoms with E-state index in [-0.39, 0.29) is 23.5 Å². The second kappa shape index (κ2) is 8.48. The molecule has 0 radical (unpaired) electrons. The molecule has 4 saturated carbocycles. The average Bonchev–Trinajstić information content (AvgIpc) is 3.06. The first kappa shape index (κ1) is 23.3. The first-order valence-electron chi connectivity index (χ1n) is 12.8. The minimum atomic E-state index is -0.809. The van der Waals surface area contributed by atoms with Gasteiger partial charge in [-0.2, -0.15) is 0 Å². The number of carboxylic acid groups (broad SMARTS) is 1. The van der Waals surface area contributed by atoms with E-state index >= 15 is 0 Å². The predicted octanol–water partition coefficient (Wildman–Crippen LogP) is 5.42. The Morgan fingerprint density at radius 2 is 1.68 bits per heavy atom. The largest absolute Gasteiger partial charge is 0.478 e. The quantitative estimate of drug-likeness (QED) is 0.507. The van der Waals surface area contributed by atoms with E-state index in [1.807, 2.05) is 6.08 Å². The summed E-state index contributed by atoms with van der Waals surface area (Å²) >= 11 is 0. The Morgan fingerprint density at radius 3 is 2.39 bits per heavy atom. The molecule has 8 unspecified atom stereocenters. The van der Waals surface area contributed by atoms with Crippen LogP contribution in [0.25, 0.3) is 0 Å². The van der Waals surface area contributed by atoms with Crippen molar-refractivity contribution in [3.8, 4) is 0 Å². The van der Waals surface area contributed by atoms with Gasteiger partial charge in [0.2, 0.25) is 0 Å². The Kier molecular flexibility index (Phi) is 6.37. The van der Waals surface area contributed by atoms with Crippen LogP contribution in [0.4, 0.5) is 0 Å². The summed E-state index contributed by atoms with van der Waals surface area (Å²) in [6.07, 6.45) is 12.1. The lowest BCUT2D eigenvalue weighted by Crippen LogP contribution is -2.58. The summed E-state index contributed by atoms with van der Waals surface area (Å²) in [6.45, 7) is 9.03. The lowest BCUT2D eigenvalue weighted by Gasteiger charge is -2.62. The highest BCUT2D eigenvalue weighted by Crippen LogP contribution is 2.68. The van der Waals surface area contributed by atoms with Crippen molar-refractivity contribution >= 4 is 5.97 Å². The van der Waals surface area contributed by atoms with Crippen molar-refractivity contribution in [1.82, 2.24) is 0 Å². The zero-order chi connectivity index (χ0) is 22.6. The zero-order valence-electron chi connectivity index (χ0n) is 20.0. The Bertz CT molecular complexity index is 716. The topological polar surface area (TPSA) is 77.8 Å². The smallest absolute Gasteiger partial charge is 0.330 e. The first-order valence-corrected chi connectivity index (χ1v) is 12.8. The van der Waals surface area contributed by atoms with Crippen LogP contribution in [0, 0.1) is 46.3 Å². The number of allylic oxidation sites excluding steroid dienone is 1. The third kappa shape index (κ3) is 3.90. The molecule has 0 bridgehead atoms. The Morgan fingerprint density at radius 1 is 1.00 bits per heavy atom. The van der Waals surface area contributed by atoms with Gasteiger partial charge in [-0.1, -0.05) is 26.8 Å². The van der Waals surface area contributed by atoms with Crippen LogP contribution in [0.15, 0.2) is 11.6 Å². The molecule has 4 aliphatic carbocycles. The summed E-state index contributed by atoms with van der Waals surface area (Å²) in [6, 6.07) is 0. The highest BCUT2D eigenvalue weighted by atomic mass is 16.4. The fourth-order valence-corrected chi connectivity index (χ4v) is 9.10. The van der Waals surface area contributed by atoms with Gasteiger partial charge in [0, 0.05) is 5.57 Å². The van der Waals surface area contributed by atoms with E-state index in [1.165, 1.54) is 25.7 Å². The number of rotatable bonds is 5. The monoisotopic (exact) mass is 432 g/mol. The molecule has 31 heavy (non-hydrogen) atoms. The molecule has 0 amide bonds. The van der Waals surface area contributed by atoms with E-state index in [0.717, 1.165) is 38.5 Å². The highest BCUT2D eigenvalue weighted by Gasteiger charge is 2.62. The summed E-state index contributed by atoms with van der Waals surface area (Å²) in [4.78, 5) is 11.1. The highest BCUT2D eigenvalue weighted by molar-refractivity contribution is 5.85. The Hall–Kier alpha value is -0.870. The van der Waals surface area contributed by atoms with E-state index in [9.17, 15) is 15.0 Å². The Labute approximate surface area is 188 Å². The van der Waals surface area contributed by atoms with Crippen LogP contribution < -0.4 is 0 Å². The van der Waals surface area contributed by atoms with Gasteiger partial charge in [-0.15, -0.1) is 0 Å². The lowest BCUT2D eigenvalue weighted by atomic mass is 9.44. The van der Waals surface area contributed by atoms with Gasteiger partial charge in [-0.05, 0) is 117 Å². The molecule has 0 aromatic heterocycles. The second-order valence-electron chi connectivity index (χ2n) is 12.2. The van der Waals surface area contributed by atoms with Crippen LogP contribution in [0.5, 0.6) is 0 Å². The average molecular weight is 433 g/mol. The standard InChI is InChI=1S/C27H44O4/c1-16(6-5-7-17(2)25(30)31)20-8-9-21-19-15-24(29)23-14-18(28)10-12-27(23,4)22(19)11-13-26(20,21)3/h7,16,18-24,28-29H,5-6,8-15H2,1-4H3,(H,30,31)/t16?,18-,19?,20?,21?,22?,23?,24+,26?,27?/m1/s1. The second-order valence-corrected chi connectivity index (χ2v) is 12.2. The van der Waals surface area contributed by atoms with E-state index in [2.05, 4.69) is 20.8 Å². The van der Waals surface area contributed by atoms with E-state index < -0.39 is 5.97 Å². The maximum atomic E-state index is 11.2. The van der Waals surface area contributed by atoms with Crippen LogP contribution >= 0.6 is 0 Å². The molecule has 4 heteroatoms. The van der Waals surface area contributed by atoms with E-state index in [4.69, 9.17) is 5.11 Å². The molecule has 4 fully saturated rings. The molecule has 0 aromatic rings. The molecule has 176 valence electrons. The van der Waals surface area contributed by atoms with Gasteiger partial charge in [0.05, 0.1) is 12.2 Å². The number of fused-ring (bicyclic) bond motifs is 5. The van der Waals surface area contributed by atoms with Crippen molar-refractivity contribution < 1.29 is 20.1 Å². The van der Waals surface area contributed by atoms with E-state index in [0.29, 0.717) is 40.6 Å². The number of carbonyl (C=O) groups is 1. The Balaban J connectivity index is 1.48. The first-order chi connectivity index (χ1) is 14.6. The summed E-state index contributed by atoms with van der Waals surface area (Å²) in [5.74, 6) is 2.78. The number of aliphatic carboxylic acids is 1. The van der Waals surface area contributed by atoms with E-state index in [1.54, 1.807) is 6.92 Å². The van der Waals surface area contributed by atoms with Crippen LogP contribution in [0.2, 0.25) is 0 Å². The van der Waals surface area contributed by atoms with Crippen molar-refractivity contribution in [2.75, 3.05) is 0 Å². The molecule has 0 saturated heterocycles. The molecule has 10 atom stereocenters. The summed E-state index contributed by atoms with van der Waals surface area (Å²) < 4.78 is 0. The van der Waals surface area contributed by atoms with Crippen LogP contribution in [0.3, 0.4) is 0 Å². The maximum absolute atomic E-state index is 11.2. The lowest BCUT2D eigenvalue weighted by molar-refractivity contribution is -0.172. The fraction of sp³-hybridized carbons (Fsp3) is 0.889. The molecule has 0 aromatic carbocycles. The van der Waals surface area contributed by atoms with Gasteiger partial charge in [0.15, 0.2) is 0 Å². The number of aliphatic hydroxyl groups is 2. The minimum absolute atomic E-state index is 0.186. The molecular weight excluding hydrogens is 388 g/mol. The normalized spacial score (nSPS) is 48.5. The van der Waals surface area contributed by atoms with Crippen molar-refractivity contribution in [3.63, 3.8) is 0 Å². The van der Waals surface area contributed by atoms with Gasteiger partial charge in [0.1, 0.15) is 0 Å². The number of hydrogen-bond donors (Lipinski definition) is 3. The SMILES string of the molecule is CC(=CCCC(C)C1CCC2C3C[C@H](O)C4C[C@H](O)CCC4(C)C3CCC12C)C(=O)O. The van der Waals surface area contributed by atoms with Gasteiger partial charge >= 0.3 is 5.97 Å². The molecular formula is C27H44O4. The molecule has 4 aliphatic rings. The summed E-state index contributed by atoms with van der Waals surface area (Å²) in [7, 11) is 0. The summed E-state index contributed by atoms with van der Waals surface area (Å²) in [5, 5.41) is 30.5. The van der Waals surface area contributed by atoms with Crippen LogP contribution in [-0.4, -0.2) is 33.5 Å². The van der Waals surface area contributed by atoms with Crippen LogP contribution in [-0.2, 0) is 4.79 Å². The molecule has 0 aliphatic heterocycles. The van der Waals surface area contributed by atoms with Crippen molar-refractivity contribution in [3.05, 3.63) is 11.6 Å². The molecule has 0 spiro atoms. The zero-order valence-corrected chi connectivity index (χ0v) is 20.0. The molecule has 4 rings (SSSR count). The van der Waals surface area contributed by atoms with Gasteiger partial charge in [0.25, 0.3) is 0 Å². The van der Waals surface area contributed by atoms with Gasteiger partial charge in [-0.25, -0.2) is 4.79 Å². The van der Waals surface area contributed by atoms with Gasteiger partial charge < -0.3 is 15.3 Å². The fourth-order valence-electron chi connectivity index (χ4n) is 9.10. The van der Waals surface area contributed by atoms with Crippen molar-refractivity contribution in [2.45, 2.75) is 104 Å². The van der Waals surface area contributed by atoms with Gasteiger partial charge in [-0.3, -0.25) is 0 Å². The van der Waals surface area contributed by atoms with Crippen molar-refractivity contribution in [2.24, 2.45) is 46.3 Å². The predicted molar refractivity (Wildman–Crippen MR) is 122 cm³/mol. The molecule has 4 nitrogen and oxygen atoms in total. The number of carboxylic acids is 1. The minimum Gasteiger partial charge on any atom is -0.478 e. The third-order valence-corrected chi connectivity index (χ3v) is 10.8. The number of aliphatic hydroxyl groups excluding tert-OH is 2. The maximum Gasteiger partial charge on any atom is 0.330 e. The van der Waals surface area contributed by atoms with Crippen LogP contribution in [0.1, 0.15) is 91.9 Å². The summed E-state index contributed by atoms with van der Waals surface area (Å²) in [5.41, 5.74) is 0.995. The molecule has 3 N–H and O–H groups in total.